The first-order chi connectivity index (χ1) is 9.01. The van der Waals surface area contributed by atoms with Crippen LogP contribution in [0.2, 0.25) is 0 Å². The SMILES string of the molecule is CCOc1ccc(C(=O)C(C)N(C)CCO)cc1N. The Morgan fingerprint density at radius 3 is 2.74 bits per heavy atom. The molecule has 106 valence electrons. The first kappa shape index (κ1) is 15.5. The van der Waals surface area contributed by atoms with Gasteiger partial charge in [-0.3, -0.25) is 9.69 Å². The third kappa shape index (κ3) is 3.94. The van der Waals surface area contributed by atoms with Crippen LogP contribution in [-0.2, 0) is 0 Å². The van der Waals surface area contributed by atoms with Crippen molar-refractivity contribution in [3.05, 3.63) is 23.8 Å². The molecule has 0 bridgehead atoms. The number of aliphatic hydroxyl groups is 1. The Morgan fingerprint density at radius 2 is 2.21 bits per heavy atom. The largest absolute Gasteiger partial charge is 0.492 e. The molecule has 1 rings (SSSR count). The number of nitrogen functional groups attached to an aromatic ring is 1. The third-order valence-electron chi connectivity index (χ3n) is 3.09. The van der Waals surface area contributed by atoms with Crippen molar-refractivity contribution in [2.24, 2.45) is 0 Å². The maximum absolute atomic E-state index is 12.3. The van der Waals surface area contributed by atoms with Crippen LogP contribution >= 0.6 is 0 Å². The molecule has 1 aromatic rings. The van der Waals surface area contributed by atoms with Gasteiger partial charge in [0.2, 0.25) is 0 Å². The molecule has 0 aliphatic heterocycles. The number of likely N-dealkylation sites (N-methyl/N-ethyl adjacent to an activating group) is 1. The van der Waals surface area contributed by atoms with E-state index in [1.807, 2.05) is 13.8 Å². The highest BCUT2D eigenvalue weighted by Crippen LogP contribution is 2.23. The number of carbonyl (C=O) groups is 1. The summed E-state index contributed by atoms with van der Waals surface area (Å²) in [7, 11) is 1.80. The Labute approximate surface area is 114 Å². The molecule has 0 saturated carbocycles. The second-order valence-electron chi connectivity index (χ2n) is 4.43. The van der Waals surface area contributed by atoms with Gasteiger partial charge in [0, 0.05) is 12.1 Å². The molecule has 5 heteroatoms. The summed E-state index contributed by atoms with van der Waals surface area (Å²) >= 11 is 0. The molecule has 0 saturated heterocycles. The number of nitrogens with two attached hydrogens (primary N) is 1. The minimum Gasteiger partial charge on any atom is -0.492 e. The monoisotopic (exact) mass is 266 g/mol. The van der Waals surface area contributed by atoms with Gasteiger partial charge < -0.3 is 15.6 Å². The number of carbonyl (C=O) groups excluding carboxylic acids is 1. The third-order valence-corrected chi connectivity index (χ3v) is 3.09. The summed E-state index contributed by atoms with van der Waals surface area (Å²) in [5.74, 6) is 0.570. The zero-order chi connectivity index (χ0) is 14.4. The van der Waals surface area contributed by atoms with Crippen LogP contribution in [0.15, 0.2) is 18.2 Å². The van der Waals surface area contributed by atoms with Crippen molar-refractivity contribution >= 4 is 11.5 Å². The van der Waals surface area contributed by atoms with Crippen LogP contribution in [0.3, 0.4) is 0 Å². The van der Waals surface area contributed by atoms with Gasteiger partial charge in [-0.1, -0.05) is 0 Å². The lowest BCUT2D eigenvalue weighted by atomic mass is 10.0. The molecule has 0 fully saturated rings. The van der Waals surface area contributed by atoms with E-state index in [-0.39, 0.29) is 18.4 Å². The van der Waals surface area contributed by atoms with Gasteiger partial charge >= 0.3 is 0 Å². The van der Waals surface area contributed by atoms with Gasteiger partial charge in [0.05, 0.1) is 24.9 Å². The van der Waals surface area contributed by atoms with Gasteiger partial charge in [0.25, 0.3) is 0 Å². The zero-order valence-corrected chi connectivity index (χ0v) is 11.7. The molecule has 0 amide bonds. The van der Waals surface area contributed by atoms with E-state index >= 15 is 0 Å². The first-order valence-electron chi connectivity index (χ1n) is 6.38. The smallest absolute Gasteiger partial charge is 0.179 e. The van der Waals surface area contributed by atoms with Crippen LogP contribution < -0.4 is 10.5 Å². The quantitative estimate of drug-likeness (QED) is 0.572. The van der Waals surface area contributed by atoms with Crippen LogP contribution in [0.4, 0.5) is 5.69 Å². The molecule has 0 heterocycles. The average molecular weight is 266 g/mol. The van der Waals surface area contributed by atoms with Gasteiger partial charge in [-0.05, 0) is 39.1 Å². The molecule has 1 aromatic carbocycles. The summed E-state index contributed by atoms with van der Waals surface area (Å²) in [5, 5.41) is 8.89. The van der Waals surface area contributed by atoms with Gasteiger partial charge in [0.1, 0.15) is 5.75 Å². The van der Waals surface area contributed by atoms with Crippen molar-refractivity contribution in [3.63, 3.8) is 0 Å². The van der Waals surface area contributed by atoms with Gasteiger partial charge in [-0.25, -0.2) is 0 Å². The van der Waals surface area contributed by atoms with E-state index in [1.54, 1.807) is 30.1 Å². The van der Waals surface area contributed by atoms with Crippen molar-refractivity contribution < 1.29 is 14.6 Å². The Kier molecular flexibility index (Phi) is 5.79. The molecule has 0 aliphatic carbocycles. The number of aliphatic hydroxyl groups excluding tert-OH is 1. The van der Waals surface area contributed by atoms with E-state index in [1.165, 1.54) is 0 Å². The summed E-state index contributed by atoms with van der Waals surface area (Å²) < 4.78 is 5.34. The summed E-state index contributed by atoms with van der Waals surface area (Å²) in [6.45, 7) is 4.71. The summed E-state index contributed by atoms with van der Waals surface area (Å²) in [6.07, 6.45) is 0. The lowest BCUT2D eigenvalue weighted by Crippen LogP contribution is -2.37. The fourth-order valence-corrected chi connectivity index (χ4v) is 1.78. The van der Waals surface area contributed by atoms with E-state index in [2.05, 4.69) is 0 Å². The molecule has 0 aliphatic rings. The lowest BCUT2D eigenvalue weighted by Gasteiger charge is -2.22. The number of ether oxygens (including phenoxy) is 1. The fraction of sp³-hybridized carbons (Fsp3) is 0.500. The Balaban J connectivity index is 2.85. The number of hydrogen-bond donors (Lipinski definition) is 2. The standard InChI is InChI=1S/C14H22N2O3/c1-4-19-13-6-5-11(9-12(13)15)14(18)10(2)16(3)7-8-17/h5-6,9-10,17H,4,7-8,15H2,1-3H3. The van der Waals surface area contributed by atoms with E-state index < -0.39 is 0 Å². The maximum atomic E-state index is 12.3. The highest BCUT2D eigenvalue weighted by atomic mass is 16.5. The minimum absolute atomic E-state index is 0.0225. The molecule has 19 heavy (non-hydrogen) atoms. The molecule has 0 aromatic heterocycles. The number of benzene rings is 1. The normalized spacial score (nSPS) is 12.5. The minimum atomic E-state index is -0.301. The average Bonchev–Trinajstić information content (AvgIpc) is 2.40. The number of anilines is 1. The molecule has 0 spiro atoms. The predicted octanol–water partition coefficient (Wildman–Crippen LogP) is 1.16. The summed E-state index contributed by atoms with van der Waals surface area (Å²) in [6, 6.07) is 4.76. The molecule has 0 radical (unpaired) electrons. The lowest BCUT2D eigenvalue weighted by molar-refractivity contribution is 0.0848. The molecular formula is C14H22N2O3. The summed E-state index contributed by atoms with van der Waals surface area (Å²) in [4.78, 5) is 14.1. The van der Waals surface area contributed by atoms with Crippen molar-refractivity contribution in [1.29, 1.82) is 0 Å². The first-order valence-corrected chi connectivity index (χ1v) is 6.38. The molecule has 1 atom stereocenters. The van der Waals surface area contributed by atoms with Crippen LogP contribution in [0.25, 0.3) is 0 Å². The van der Waals surface area contributed by atoms with E-state index in [0.29, 0.717) is 30.2 Å². The van der Waals surface area contributed by atoms with E-state index in [4.69, 9.17) is 15.6 Å². The van der Waals surface area contributed by atoms with Crippen LogP contribution in [0.1, 0.15) is 24.2 Å². The molecular weight excluding hydrogens is 244 g/mol. The van der Waals surface area contributed by atoms with Gasteiger partial charge in [-0.2, -0.15) is 0 Å². The Bertz CT molecular complexity index is 435. The number of Topliss-reactive ketones (excluding diaryl/α,β-unsaturated/α-hetero) is 1. The predicted molar refractivity (Wildman–Crippen MR) is 75.5 cm³/mol. The van der Waals surface area contributed by atoms with Crippen LogP contribution in [0, 0.1) is 0 Å². The van der Waals surface area contributed by atoms with Gasteiger partial charge in [0.15, 0.2) is 5.78 Å². The maximum Gasteiger partial charge on any atom is 0.179 e. The zero-order valence-electron chi connectivity index (χ0n) is 11.7. The fourth-order valence-electron chi connectivity index (χ4n) is 1.78. The molecule has 5 nitrogen and oxygen atoms in total. The van der Waals surface area contributed by atoms with Gasteiger partial charge in [-0.15, -0.1) is 0 Å². The van der Waals surface area contributed by atoms with E-state index in [9.17, 15) is 4.79 Å². The Hall–Kier alpha value is -1.59. The topological polar surface area (TPSA) is 75.8 Å². The number of rotatable bonds is 7. The molecule has 1 unspecified atom stereocenters. The number of hydrogen-bond acceptors (Lipinski definition) is 5. The van der Waals surface area contributed by atoms with Crippen molar-refractivity contribution in [2.75, 3.05) is 32.5 Å². The van der Waals surface area contributed by atoms with Crippen molar-refractivity contribution in [3.8, 4) is 5.75 Å². The van der Waals surface area contributed by atoms with Crippen molar-refractivity contribution in [2.45, 2.75) is 19.9 Å². The Morgan fingerprint density at radius 1 is 1.53 bits per heavy atom. The van der Waals surface area contributed by atoms with Crippen LogP contribution in [-0.4, -0.2) is 48.6 Å². The van der Waals surface area contributed by atoms with Crippen LogP contribution in [0.5, 0.6) is 5.75 Å². The highest BCUT2D eigenvalue weighted by Gasteiger charge is 2.19. The second-order valence-corrected chi connectivity index (χ2v) is 4.43. The number of nitrogens with zero attached hydrogens (tertiary/aromatic N) is 1. The second kappa shape index (κ2) is 7.11. The molecule has 3 N–H and O–H groups in total. The summed E-state index contributed by atoms with van der Waals surface area (Å²) in [5.41, 5.74) is 6.87. The van der Waals surface area contributed by atoms with E-state index in [0.717, 1.165) is 0 Å². The number of ketones is 1. The highest BCUT2D eigenvalue weighted by molar-refractivity contribution is 6.00. The van der Waals surface area contributed by atoms with Crippen molar-refractivity contribution in [1.82, 2.24) is 4.90 Å².